The Bertz CT molecular complexity index is 922. The summed E-state index contributed by atoms with van der Waals surface area (Å²) >= 11 is 0. The summed E-state index contributed by atoms with van der Waals surface area (Å²) in [6, 6.07) is 12.1. The Kier molecular flexibility index (Phi) is 9.54. The highest BCUT2D eigenvalue weighted by atomic mass is 16.5. The van der Waals surface area contributed by atoms with E-state index in [2.05, 4.69) is 16.0 Å². The van der Waals surface area contributed by atoms with Crippen LogP contribution in [0.4, 0.5) is 0 Å². The zero-order chi connectivity index (χ0) is 24.3. The van der Waals surface area contributed by atoms with Crippen LogP contribution in [0.5, 0.6) is 17.2 Å². The number of methoxy groups -OCH3 is 3. The number of hydrogen-bond donors (Lipinski definition) is 3. The molecule has 2 aromatic rings. The first-order valence-corrected chi connectivity index (χ1v) is 11.3. The SMILES string of the molecule is COC[C@H](NC(=O)c1cc(OC)c(OCc2ccccc2)c(OC)c1)C(=O)NC1CCNCC1. The molecule has 34 heavy (non-hydrogen) atoms. The topological polar surface area (TPSA) is 107 Å². The number of rotatable bonds is 11. The van der Waals surface area contributed by atoms with Gasteiger partial charge in [-0.2, -0.15) is 0 Å². The highest BCUT2D eigenvalue weighted by Gasteiger charge is 2.26. The van der Waals surface area contributed by atoms with Gasteiger partial charge in [-0.05, 0) is 43.6 Å². The average molecular weight is 472 g/mol. The van der Waals surface area contributed by atoms with E-state index in [0.717, 1.165) is 31.5 Å². The highest BCUT2D eigenvalue weighted by Crippen LogP contribution is 2.39. The fourth-order valence-corrected chi connectivity index (χ4v) is 3.74. The van der Waals surface area contributed by atoms with E-state index in [4.69, 9.17) is 18.9 Å². The van der Waals surface area contributed by atoms with Crippen LogP contribution in [0.25, 0.3) is 0 Å². The van der Waals surface area contributed by atoms with Crippen LogP contribution in [-0.2, 0) is 16.1 Å². The van der Waals surface area contributed by atoms with Gasteiger partial charge in [-0.3, -0.25) is 9.59 Å². The first-order chi connectivity index (χ1) is 16.5. The highest BCUT2D eigenvalue weighted by molar-refractivity contribution is 5.98. The minimum Gasteiger partial charge on any atom is -0.493 e. The fourth-order valence-electron chi connectivity index (χ4n) is 3.74. The van der Waals surface area contributed by atoms with Gasteiger partial charge in [-0.15, -0.1) is 0 Å². The maximum atomic E-state index is 13.0. The van der Waals surface area contributed by atoms with Crippen LogP contribution >= 0.6 is 0 Å². The van der Waals surface area contributed by atoms with Crippen molar-refractivity contribution in [1.29, 1.82) is 0 Å². The van der Waals surface area contributed by atoms with Crippen molar-refractivity contribution in [2.45, 2.75) is 31.5 Å². The standard InChI is InChI=1S/C25H33N3O6/c1-31-16-20(25(30)27-19-9-11-26-12-10-19)28-24(29)18-13-21(32-2)23(22(14-18)33-3)34-15-17-7-5-4-6-8-17/h4-8,13-14,19-20,26H,9-12,15-16H2,1-3H3,(H,27,30)(H,28,29)/t20-/m0/s1. The minimum absolute atomic E-state index is 0.0507. The molecule has 2 aromatic carbocycles. The third-order valence-electron chi connectivity index (χ3n) is 5.59. The van der Waals surface area contributed by atoms with Crippen molar-refractivity contribution in [3.05, 3.63) is 53.6 Å². The third kappa shape index (κ3) is 6.85. The molecule has 0 aromatic heterocycles. The quantitative estimate of drug-likeness (QED) is 0.459. The number of amides is 2. The number of carbonyl (C=O) groups excluding carboxylic acids is 2. The molecule has 0 saturated carbocycles. The predicted molar refractivity (Wildman–Crippen MR) is 127 cm³/mol. The van der Waals surface area contributed by atoms with Gasteiger partial charge in [0.1, 0.15) is 12.6 Å². The van der Waals surface area contributed by atoms with E-state index in [1.807, 2.05) is 30.3 Å². The molecule has 0 bridgehead atoms. The van der Waals surface area contributed by atoms with Crippen LogP contribution in [0.3, 0.4) is 0 Å². The number of hydrogen-bond acceptors (Lipinski definition) is 7. The Balaban J connectivity index is 1.73. The minimum atomic E-state index is -0.835. The maximum absolute atomic E-state index is 13.0. The van der Waals surface area contributed by atoms with Crippen LogP contribution in [0.15, 0.2) is 42.5 Å². The Morgan fingerprint density at radius 2 is 1.68 bits per heavy atom. The second-order valence-corrected chi connectivity index (χ2v) is 8.00. The van der Waals surface area contributed by atoms with Crippen LogP contribution < -0.4 is 30.2 Å². The van der Waals surface area contributed by atoms with E-state index in [9.17, 15) is 9.59 Å². The Labute approximate surface area is 200 Å². The van der Waals surface area contributed by atoms with Gasteiger partial charge in [0.25, 0.3) is 5.91 Å². The molecule has 1 fully saturated rings. The Hall–Kier alpha value is -3.30. The van der Waals surface area contributed by atoms with E-state index in [1.54, 1.807) is 12.1 Å². The summed E-state index contributed by atoms with van der Waals surface area (Å²) in [6.07, 6.45) is 1.69. The molecule has 0 aliphatic carbocycles. The zero-order valence-corrected chi connectivity index (χ0v) is 19.9. The molecule has 9 nitrogen and oxygen atoms in total. The summed E-state index contributed by atoms with van der Waals surface area (Å²) < 4.78 is 22.1. The summed E-state index contributed by atoms with van der Waals surface area (Å²) in [4.78, 5) is 25.8. The van der Waals surface area contributed by atoms with E-state index in [-0.39, 0.29) is 24.1 Å². The van der Waals surface area contributed by atoms with Crippen molar-refractivity contribution in [3.8, 4) is 17.2 Å². The van der Waals surface area contributed by atoms with Crippen molar-refractivity contribution in [3.63, 3.8) is 0 Å². The van der Waals surface area contributed by atoms with Gasteiger partial charge in [-0.1, -0.05) is 30.3 Å². The van der Waals surface area contributed by atoms with Crippen LogP contribution in [0.1, 0.15) is 28.8 Å². The van der Waals surface area contributed by atoms with E-state index in [1.165, 1.54) is 21.3 Å². The number of benzene rings is 2. The van der Waals surface area contributed by atoms with E-state index >= 15 is 0 Å². The largest absolute Gasteiger partial charge is 0.493 e. The first kappa shape index (κ1) is 25.3. The lowest BCUT2D eigenvalue weighted by molar-refractivity contribution is -0.125. The molecule has 1 atom stereocenters. The predicted octanol–water partition coefficient (Wildman–Crippen LogP) is 1.90. The van der Waals surface area contributed by atoms with Crippen LogP contribution in [0.2, 0.25) is 0 Å². The molecule has 9 heteroatoms. The molecule has 184 valence electrons. The maximum Gasteiger partial charge on any atom is 0.252 e. The molecule has 2 amide bonds. The Morgan fingerprint density at radius 1 is 1.03 bits per heavy atom. The molecule has 0 spiro atoms. The number of piperidine rings is 1. The van der Waals surface area contributed by atoms with Gasteiger partial charge >= 0.3 is 0 Å². The van der Waals surface area contributed by atoms with E-state index < -0.39 is 11.9 Å². The molecular formula is C25H33N3O6. The second-order valence-electron chi connectivity index (χ2n) is 8.00. The summed E-state index contributed by atoms with van der Waals surface area (Å²) in [5, 5.41) is 9.02. The molecule has 1 aliphatic rings. The lowest BCUT2D eigenvalue weighted by Crippen LogP contribution is -2.53. The lowest BCUT2D eigenvalue weighted by atomic mass is 10.1. The average Bonchev–Trinajstić information content (AvgIpc) is 2.87. The summed E-state index contributed by atoms with van der Waals surface area (Å²) in [6.45, 7) is 2.07. The number of carbonyl (C=O) groups is 2. The van der Waals surface area contributed by atoms with Gasteiger partial charge in [0.2, 0.25) is 11.7 Å². The molecule has 0 radical (unpaired) electrons. The Morgan fingerprint density at radius 3 is 2.26 bits per heavy atom. The van der Waals surface area contributed by atoms with Gasteiger partial charge in [0.15, 0.2) is 11.5 Å². The van der Waals surface area contributed by atoms with Crippen molar-refractivity contribution in [2.75, 3.05) is 41.0 Å². The van der Waals surface area contributed by atoms with Crippen LogP contribution in [0, 0.1) is 0 Å². The van der Waals surface area contributed by atoms with Crippen molar-refractivity contribution < 1.29 is 28.5 Å². The van der Waals surface area contributed by atoms with Crippen LogP contribution in [-0.4, -0.2) is 64.9 Å². The fraction of sp³-hybridized carbons (Fsp3) is 0.440. The lowest BCUT2D eigenvalue weighted by Gasteiger charge is -2.26. The van der Waals surface area contributed by atoms with Crippen molar-refractivity contribution in [1.82, 2.24) is 16.0 Å². The van der Waals surface area contributed by atoms with Gasteiger partial charge in [-0.25, -0.2) is 0 Å². The van der Waals surface area contributed by atoms with Gasteiger partial charge < -0.3 is 34.9 Å². The summed E-state index contributed by atoms with van der Waals surface area (Å²) in [5.74, 6) is 0.366. The molecule has 0 unspecified atom stereocenters. The summed E-state index contributed by atoms with van der Waals surface area (Å²) in [7, 11) is 4.47. The van der Waals surface area contributed by atoms with Crippen molar-refractivity contribution in [2.24, 2.45) is 0 Å². The van der Waals surface area contributed by atoms with Crippen molar-refractivity contribution >= 4 is 11.8 Å². The van der Waals surface area contributed by atoms with Gasteiger partial charge in [0, 0.05) is 18.7 Å². The smallest absolute Gasteiger partial charge is 0.252 e. The molecule has 3 N–H and O–H groups in total. The summed E-state index contributed by atoms with van der Waals surface area (Å²) in [5.41, 5.74) is 1.26. The molecule has 1 heterocycles. The number of ether oxygens (including phenoxy) is 4. The first-order valence-electron chi connectivity index (χ1n) is 11.3. The molecule has 1 aliphatic heterocycles. The molecule has 3 rings (SSSR count). The third-order valence-corrected chi connectivity index (χ3v) is 5.59. The van der Waals surface area contributed by atoms with Gasteiger partial charge in [0.05, 0.1) is 20.8 Å². The number of nitrogens with one attached hydrogen (secondary N) is 3. The molecular weight excluding hydrogens is 438 g/mol. The monoisotopic (exact) mass is 471 g/mol. The second kappa shape index (κ2) is 12.8. The zero-order valence-electron chi connectivity index (χ0n) is 19.9. The molecule has 1 saturated heterocycles. The normalized spacial score (nSPS) is 14.7. The van der Waals surface area contributed by atoms with E-state index in [0.29, 0.717) is 23.9 Å².